The van der Waals surface area contributed by atoms with Gasteiger partial charge in [-0.1, -0.05) is 26.0 Å². The third-order valence-electron chi connectivity index (χ3n) is 4.82. The van der Waals surface area contributed by atoms with Gasteiger partial charge in [0.15, 0.2) is 0 Å². The highest BCUT2D eigenvalue weighted by molar-refractivity contribution is 6.35. The lowest BCUT2D eigenvalue weighted by molar-refractivity contribution is -0.138. The number of piperidine rings is 1. The van der Waals surface area contributed by atoms with E-state index < -0.39 is 0 Å². The highest BCUT2D eigenvalue weighted by atomic mass is 16.5. The summed E-state index contributed by atoms with van der Waals surface area (Å²) in [6.45, 7) is 8.71. The Morgan fingerprint density at radius 3 is 2.23 bits per heavy atom. The van der Waals surface area contributed by atoms with E-state index in [1.165, 1.54) is 11.3 Å². The molecule has 0 N–H and O–H groups in total. The number of benzene rings is 1. The molecule has 0 bridgehead atoms. The minimum absolute atomic E-state index is 0.144. The molecule has 1 aromatic rings. The van der Waals surface area contributed by atoms with E-state index in [0.717, 1.165) is 37.2 Å². The standard InChI is InChI=1S/C21H28N2O3/c1-4-26-17-10-8-16(9-11-17)18-19(22-12-6-5-7-13-22)21(25)23(20(18)24)14-15(2)3/h8-11,15H,4-7,12-14H2,1-3H3. The molecular formula is C21H28N2O3. The number of imide groups is 1. The molecule has 2 aliphatic rings. The lowest BCUT2D eigenvalue weighted by Gasteiger charge is -2.29. The molecule has 1 aromatic carbocycles. The van der Waals surface area contributed by atoms with Crippen LogP contribution in [0.3, 0.4) is 0 Å². The molecule has 1 saturated heterocycles. The zero-order valence-corrected chi connectivity index (χ0v) is 16.0. The smallest absolute Gasteiger partial charge is 0.277 e. The first-order chi connectivity index (χ1) is 12.5. The molecule has 0 spiro atoms. The lowest BCUT2D eigenvalue weighted by atomic mass is 10.0. The van der Waals surface area contributed by atoms with Gasteiger partial charge >= 0.3 is 0 Å². The van der Waals surface area contributed by atoms with Crippen molar-refractivity contribution in [2.24, 2.45) is 5.92 Å². The summed E-state index contributed by atoms with van der Waals surface area (Å²) in [5.74, 6) is 0.695. The number of carbonyl (C=O) groups excluding carboxylic acids is 2. The Bertz CT molecular complexity index is 700. The Morgan fingerprint density at radius 1 is 1.00 bits per heavy atom. The van der Waals surface area contributed by atoms with Gasteiger partial charge < -0.3 is 9.64 Å². The van der Waals surface area contributed by atoms with Crippen LogP contribution in [0.5, 0.6) is 5.75 Å². The Labute approximate surface area is 155 Å². The Hall–Kier alpha value is -2.30. The van der Waals surface area contributed by atoms with Crippen LogP contribution in [0.15, 0.2) is 30.0 Å². The van der Waals surface area contributed by atoms with E-state index in [2.05, 4.69) is 4.90 Å². The van der Waals surface area contributed by atoms with E-state index in [1.807, 2.05) is 45.0 Å². The molecule has 1 fully saturated rings. The van der Waals surface area contributed by atoms with E-state index in [9.17, 15) is 9.59 Å². The van der Waals surface area contributed by atoms with Crippen molar-refractivity contribution in [2.75, 3.05) is 26.2 Å². The van der Waals surface area contributed by atoms with E-state index in [0.29, 0.717) is 24.4 Å². The van der Waals surface area contributed by atoms with Gasteiger partial charge in [0.25, 0.3) is 11.8 Å². The summed E-state index contributed by atoms with van der Waals surface area (Å²) in [6, 6.07) is 7.49. The first-order valence-corrected chi connectivity index (χ1v) is 9.61. The van der Waals surface area contributed by atoms with Crippen LogP contribution in [0.1, 0.15) is 45.6 Å². The predicted octanol–water partition coefficient (Wildman–Crippen LogP) is 3.31. The third kappa shape index (κ3) is 3.62. The quantitative estimate of drug-likeness (QED) is 0.734. The number of hydrogen-bond donors (Lipinski definition) is 0. The average Bonchev–Trinajstić information content (AvgIpc) is 2.88. The third-order valence-corrected chi connectivity index (χ3v) is 4.82. The maximum Gasteiger partial charge on any atom is 0.277 e. The van der Waals surface area contributed by atoms with Crippen molar-refractivity contribution in [2.45, 2.75) is 40.0 Å². The highest BCUT2D eigenvalue weighted by Gasteiger charge is 2.41. The molecule has 26 heavy (non-hydrogen) atoms. The van der Waals surface area contributed by atoms with E-state index in [-0.39, 0.29) is 17.7 Å². The second kappa shape index (κ2) is 7.94. The molecular weight excluding hydrogens is 328 g/mol. The highest BCUT2D eigenvalue weighted by Crippen LogP contribution is 2.34. The van der Waals surface area contributed by atoms with Crippen molar-refractivity contribution >= 4 is 17.4 Å². The van der Waals surface area contributed by atoms with Crippen LogP contribution in [-0.2, 0) is 9.59 Å². The molecule has 0 aromatic heterocycles. The fraction of sp³-hybridized carbons (Fsp3) is 0.524. The molecule has 2 amide bonds. The summed E-state index contributed by atoms with van der Waals surface area (Å²) < 4.78 is 5.50. The largest absolute Gasteiger partial charge is 0.494 e. The molecule has 5 nitrogen and oxygen atoms in total. The summed E-state index contributed by atoms with van der Waals surface area (Å²) in [7, 11) is 0. The van der Waals surface area contributed by atoms with Crippen molar-refractivity contribution in [3.05, 3.63) is 35.5 Å². The molecule has 2 heterocycles. The Balaban J connectivity index is 2.00. The van der Waals surface area contributed by atoms with Gasteiger partial charge in [0.05, 0.1) is 12.2 Å². The molecule has 0 unspecified atom stereocenters. The summed E-state index contributed by atoms with van der Waals surface area (Å²) in [5.41, 5.74) is 1.92. The van der Waals surface area contributed by atoms with Crippen LogP contribution in [0, 0.1) is 5.92 Å². The maximum atomic E-state index is 13.1. The fourth-order valence-electron chi connectivity index (χ4n) is 3.65. The minimum Gasteiger partial charge on any atom is -0.494 e. The summed E-state index contributed by atoms with van der Waals surface area (Å²) in [4.78, 5) is 29.7. The maximum absolute atomic E-state index is 13.1. The van der Waals surface area contributed by atoms with Gasteiger partial charge in [0.2, 0.25) is 0 Å². The lowest BCUT2D eigenvalue weighted by Crippen LogP contribution is -2.38. The number of amides is 2. The topological polar surface area (TPSA) is 49.9 Å². The second-order valence-electron chi connectivity index (χ2n) is 7.34. The molecule has 0 atom stereocenters. The molecule has 0 radical (unpaired) electrons. The van der Waals surface area contributed by atoms with E-state index in [1.54, 1.807) is 0 Å². The normalized spacial score (nSPS) is 18.3. The van der Waals surface area contributed by atoms with Crippen LogP contribution in [0.2, 0.25) is 0 Å². The van der Waals surface area contributed by atoms with Crippen molar-refractivity contribution in [3.8, 4) is 5.75 Å². The minimum atomic E-state index is -0.173. The van der Waals surface area contributed by atoms with Crippen molar-refractivity contribution < 1.29 is 14.3 Å². The molecule has 2 aliphatic heterocycles. The first-order valence-electron chi connectivity index (χ1n) is 9.61. The predicted molar refractivity (Wildman–Crippen MR) is 102 cm³/mol. The molecule has 0 saturated carbocycles. The summed E-state index contributed by atoms with van der Waals surface area (Å²) in [6.07, 6.45) is 3.30. The first kappa shape index (κ1) is 18.5. The van der Waals surface area contributed by atoms with E-state index in [4.69, 9.17) is 4.74 Å². The van der Waals surface area contributed by atoms with Crippen molar-refractivity contribution in [3.63, 3.8) is 0 Å². The van der Waals surface area contributed by atoms with Crippen LogP contribution in [0.4, 0.5) is 0 Å². The number of likely N-dealkylation sites (tertiary alicyclic amines) is 1. The van der Waals surface area contributed by atoms with Crippen molar-refractivity contribution in [1.82, 2.24) is 9.80 Å². The zero-order chi connectivity index (χ0) is 18.7. The van der Waals surface area contributed by atoms with Crippen LogP contribution >= 0.6 is 0 Å². The van der Waals surface area contributed by atoms with Gasteiger partial charge in [-0.05, 0) is 49.8 Å². The Kier molecular flexibility index (Phi) is 5.64. The Morgan fingerprint density at radius 2 is 1.65 bits per heavy atom. The molecule has 3 rings (SSSR count). The van der Waals surface area contributed by atoms with Crippen molar-refractivity contribution in [1.29, 1.82) is 0 Å². The van der Waals surface area contributed by atoms with Crippen LogP contribution < -0.4 is 4.74 Å². The van der Waals surface area contributed by atoms with Gasteiger partial charge in [0.1, 0.15) is 11.4 Å². The number of rotatable bonds is 6. The average molecular weight is 356 g/mol. The number of hydrogen-bond acceptors (Lipinski definition) is 4. The monoisotopic (exact) mass is 356 g/mol. The summed E-state index contributed by atoms with van der Waals surface area (Å²) >= 11 is 0. The SMILES string of the molecule is CCOc1ccc(C2=C(N3CCCCC3)C(=O)N(CC(C)C)C2=O)cc1. The zero-order valence-electron chi connectivity index (χ0n) is 16.0. The number of carbonyl (C=O) groups is 2. The van der Waals surface area contributed by atoms with Gasteiger partial charge in [-0.3, -0.25) is 14.5 Å². The van der Waals surface area contributed by atoms with Crippen LogP contribution in [0.25, 0.3) is 5.57 Å². The molecule has 5 heteroatoms. The van der Waals surface area contributed by atoms with E-state index >= 15 is 0 Å². The van der Waals surface area contributed by atoms with Gasteiger partial charge in [-0.2, -0.15) is 0 Å². The number of nitrogens with zero attached hydrogens (tertiary/aromatic N) is 2. The summed E-state index contributed by atoms with van der Waals surface area (Å²) in [5, 5.41) is 0. The molecule has 140 valence electrons. The fourth-order valence-corrected chi connectivity index (χ4v) is 3.65. The number of ether oxygens (including phenoxy) is 1. The van der Waals surface area contributed by atoms with Crippen LogP contribution in [-0.4, -0.2) is 47.9 Å². The van der Waals surface area contributed by atoms with Gasteiger partial charge in [0, 0.05) is 19.6 Å². The van der Waals surface area contributed by atoms with Gasteiger partial charge in [-0.15, -0.1) is 0 Å². The second-order valence-corrected chi connectivity index (χ2v) is 7.34. The molecule has 0 aliphatic carbocycles. The van der Waals surface area contributed by atoms with Gasteiger partial charge in [-0.25, -0.2) is 0 Å².